The molecular formula is C11H10N2O. The van der Waals surface area contributed by atoms with Crippen molar-refractivity contribution in [2.45, 2.75) is 6.54 Å². The molecule has 0 spiro atoms. The third kappa shape index (κ3) is 1.88. The number of nitrogens with zero attached hydrogens (tertiary/aromatic N) is 2. The van der Waals surface area contributed by atoms with E-state index in [1.165, 1.54) is 12.3 Å². The van der Waals surface area contributed by atoms with E-state index in [-0.39, 0.29) is 5.56 Å². The maximum Gasteiger partial charge on any atom is 0.253 e. The summed E-state index contributed by atoms with van der Waals surface area (Å²) in [6.45, 7) is 0.577. The fourth-order valence-electron chi connectivity index (χ4n) is 1.28. The molecule has 2 aromatic rings. The van der Waals surface area contributed by atoms with Crippen molar-refractivity contribution in [1.82, 2.24) is 9.55 Å². The van der Waals surface area contributed by atoms with Gasteiger partial charge in [-0.3, -0.25) is 9.36 Å². The molecule has 0 amide bonds. The number of hydrogen-bond acceptors (Lipinski definition) is 2. The second-order valence-corrected chi connectivity index (χ2v) is 3.03. The summed E-state index contributed by atoms with van der Waals surface area (Å²) in [6.07, 6.45) is 3.05. The Balaban J connectivity index is 2.28. The fraction of sp³-hybridized carbons (Fsp3) is 0.0909. The quantitative estimate of drug-likeness (QED) is 0.708. The standard InChI is InChI=1S/C11H10N2O/c14-11-6-7-12-9-13(11)8-10-4-2-1-3-5-10/h1-7,9H,8H2. The van der Waals surface area contributed by atoms with E-state index in [1.807, 2.05) is 30.3 Å². The van der Waals surface area contributed by atoms with Gasteiger partial charge in [0.15, 0.2) is 0 Å². The van der Waals surface area contributed by atoms with E-state index >= 15 is 0 Å². The molecule has 0 saturated heterocycles. The summed E-state index contributed by atoms with van der Waals surface area (Å²) in [5.74, 6) is 0. The van der Waals surface area contributed by atoms with E-state index in [0.29, 0.717) is 6.54 Å². The molecule has 1 heterocycles. The van der Waals surface area contributed by atoms with Crippen LogP contribution in [-0.4, -0.2) is 9.55 Å². The average molecular weight is 186 g/mol. The lowest BCUT2D eigenvalue weighted by molar-refractivity contribution is 0.736. The van der Waals surface area contributed by atoms with Gasteiger partial charge in [-0.05, 0) is 5.56 Å². The van der Waals surface area contributed by atoms with Gasteiger partial charge < -0.3 is 0 Å². The zero-order chi connectivity index (χ0) is 9.80. The van der Waals surface area contributed by atoms with Crippen LogP contribution in [0.3, 0.4) is 0 Å². The van der Waals surface area contributed by atoms with Gasteiger partial charge in [0, 0.05) is 12.3 Å². The summed E-state index contributed by atoms with van der Waals surface area (Å²) in [7, 11) is 0. The highest BCUT2D eigenvalue weighted by atomic mass is 16.1. The molecule has 0 saturated carbocycles. The Bertz CT molecular complexity index is 462. The summed E-state index contributed by atoms with van der Waals surface area (Å²) in [4.78, 5) is 15.3. The number of rotatable bonds is 2. The first-order valence-corrected chi connectivity index (χ1v) is 4.40. The number of benzene rings is 1. The van der Waals surface area contributed by atoms with Crippen LogP contribution in [0.2, 0.25) is 0 Å². The van der Waals surface area contributed by atoms with Gasteiger partial charge in [-0.2, -0.15) is 0 Å². The van der Waals surface area contributed by atoms with Gasteiger partial charge in [0.2, 0.25) is 0 Å². The van der Waals surface area contributed by atoms with E-state index in [4.69, 9.17) is 0 Å². The fourth-order valence-corrected chi connectivity index (χ4v) is 1.28. The molecule has 3 heteroatoms. The molecule has 0 atom stereocenters. The van der Waals surface area contributed by atoms with Crippen LogP contribution in [0.15, 0.2) is 53.7 Å². The van der Waals surface area contributed by atoms with E-state index in [9.17, 15) is 4.79 Å². The van der Waals surface area contributed by atoms with Crippen LogP contribution in [-0.2, 0) is 6.54 Å². The average Bonchev–Trinajstić information content (AvgIpc) is 2.23. The van der Waals surface area contributed by atoms with Crippen molar-refractivity contribution in [1.29, 1.82) is 0 Å². The summed E-state index contributed by atoms with van der Waals surface area (Å²) in [5, 5.41) is 0. The van der Waals surface area contributed by atoms with E-state index in [2.05, 4.69) is 4.98 Å². The van der Waals surface area contributed by atoms with Crippen molar-refractivity contribution in [3.63, 3.8) is 0 Å². The first-order valence-electron chi connectivity index (χ1n) is 4.40. The zero-order valence-electron chi connectivity index (χ0n) is 7.63. The van der Waals surface area contributed by atoms with Crippen LogP contribution in [0.1, 0.15) is 5.56 Å². The highest BCUT2D eigenvalue weighted by Crippen LogP contribution is 1.99. The Hall–Kier alpha value is -1.90. The minimum Gasteiger partial charge on any atom is -0.295 e. The topological polar surface area (TPSA) is 34.9 Å². The lowest BCUT2D eigenvalue weighted by Crippen LogP contribution is -2.19. The monoisotopic (exact) mass is 186 g/mol. The molecule has 1 aromatic heterocycles. The maximum atomic E-state index is 11.3. The van der Waals surface area contributed by atoms with E-state index in [0.717, 1.165) is 5.56 Å². The molecule has 0 N–H and O–H groups in total. The lowest BCUT2D eigenvalue weighted by Gasteiger charge is -2.03. The van der Waals surface area contributed by atoms with Crippen LogP contribution < -0.4 is 5.56 Å². The Labute approximate surface area is 81.7 Å². The molecule has 70 valence electrons. The summed E-state index contributed by atoms with van der Waals surface area (Å²) in [5.41, 5.74) is 1.08. The molecular weight excluding hydrogens is 176 g/mol. The lowest BCUT2D eigenvalue weighted by atomic mass is 10.2. The van der Waals surface area contributed by atoms with Crippen molar-refractivity contribution < 1.29 is 0 Å². The van der Waals surface area contributed by atoms with Gasteiger partial charge in [-0.1, -0.05) is 30.3 Å². The van der Waals surface area contributed by atoms with Crippen molar-refractivity contribution >= 4 is 0 Å². The normalized spacial score (nSPS) is 10.0. The molecule has 0 bridgehead atoms. The van der Waals surface area contributed by atoms with Crippen LogP contribution in [0.25, 0.3) is 0 Å². The molecule has 14 heavy (non-hydrogen) atoms. The molecule has 0 unspecified atom stereocenters. The summed E-state index contributed by atoms with van der Waals surface area (Å²) < 4.78 is 1.58. The highest BCUT2D eigenvalue weighted by Gasteiger charge is 1.95. The maximum absolute atomic E-state index is 11.3. The van der Waals surface area contributed by atoms with Crippen LogP contribution in [0, 0.1) is 0 Å². The molecule has 0 aliphatic heterocycles. The minimum absolute atomic E-state index is 0.0242. The first kappa shape index (κ1) is 8.69. The predicted molar refractivity (Wildman–Crippen MR) is 54.0 cm³/mol. The molecule has 0 radical (unpaired) electrons. The number of hydrogen-bond donors (Lipinski definition) is 0. The molecule has 0 aliphatic rings. The largest absolute Gasteiger partial charge is 0.295 e. The van der Waals surface area contributed by atoms with Crippen LogP contribution in [0.5, 0.6) is 0 Å². The first-order chi connectivity index (χ1) is 6.86. The molecule has 0 fully saturated rings. The van der Waals surface area contributed by atoms with Crippen molar-refractivity contribution in [2.75, 3.05) is 0 Å². The third-order valence-electron chi connectivity index (χ3n) is 1.99. The van der Waals surface area contributed by atoms with Crippen molar-refractivity contribution in [2.24, 2.45) is 0 Å². The van der Waals surface area contributed by atoms with E-state index < -0.39 is 0 Å². The molecule has 3 nitrogen and oxygen atoms in total. The zero-order valence-corrected chi connectivity index (χ0v) is 7.63. The van der Waals surface area contributed by atoms with Gasteiger partial charge in [-0.15, -0.1) is 0 Å². The van der Waals surface area contributed by atoms with Crippen LogP contribution in [0.4, 0.5) is 0 Å². The smallest absolute Gasteiger partial charge is 0.253 e. The van der Waals surface area contributed by atoms with Crippen molar-refractivity contribution in [3.8, 4) is 0 Å². The third-order valence-corrected chi connectivity index (χ3v) is 1.99. The summed E-state index contributed by atoms with van der Waals surface area (Å²) in [6, 6.07) is 11.3. The Morgan fingerprint density at radius 1 is 1.14 bits per heavy atom. The second-order valence-electron chi connectivity index (χ2n) is 3.03. The molecule has 1 aromatic carbocycles. The van der Waals surface area contributed by atoms with Gasteiger partial charge in [0.1, 0.15) is 0 Å². The predicted octanol–water partition coefficient (Wildman–Crippen LogP) is 1.29. The SMILES string of the molecule is O=c1ccncn1Cc1ccccc1. The van der Waals surface area contributed by atoms with Crippen LogP contribution >= 0.6 is 0 Å². The molecule has 0 aliphatic carbocycles. The Morgan fingerprint density at radius 2 is 1.93 bits per heavy atom. The van der Waals surface area contributed by atoms with Gasteiger partial charge in [-0.25, -0.2) is 4.98 Å². The van der Waals surface area contributed by atoms with E-state index in [1.54, 1.807) is 10.9 Å². The van der Waals surface area contributed by atoms with Gasteiger partial charge in [0.05, 0.1) is 12.9 Å². The molecule has 2 rings (SSSR count). The van der Waals surface area contributed by atoms with Crippen molar-refractivity contribution in [3.05, 3.63) is 64.8 Å². The number of aromatic nitrogens is 2. The summed E-state index contributed by atoms with van der Waals surface area (Å²) >= 11 is 0. The Kier molecular flexibility index (Phi) is 2.40. The second kappa shape index (κ2) is 3.87. The van der Waals surface area contributed by atoms with Gasteiger partial charge >= 0.3 is 0 Å². The van der Waals surface area contributed by atoms with Gasteiger partial charge in [0.25, 0.3) is 5.56 Å². The minimum atomic E-state index is -0.0242. The highest BCUT2D eigenvalue weighted by molar-refractivity contribution is 5.14. The Morgan fingerprint density at radius 3 is 2.64 bits per heavy atom.